The molecule has 2 aliphatic heterocycles. The van der Waals surface area contributed by atoms with Crippen molar-refractivity contribution in [3.63, 3.8) is 0 Å². The van der Waals surface area contributed by atoms with Gasteiger partial charge in [0.15, 0.2) is 0 Å². The van der Waals surface area contributed by atoms with E-state index in [-0.39, 0.29) is 23.7 Å². The van der Waals surface area contributed by atoms with Crippen LogP contribution in [0.4, 0.5) is 18.9 Å². The zero-order valence-corrected chi connectivity index (χ0v) is 20.2. The van der Waals surface area contributed by atoms with Gasteiger partial charge < -0.3 is 14.7 Å². The summed E-state index contributed by atoms with van der Waals surface area (Å²) in [6.07, 6.45) is 2.60. The molecule has 2 aromatic rings. The molecule has 2 atom stereocenters. The van der Waals surface area contributed by atoms with E-state index < -0.39 is 29.3 Å². The zero-order chi connectivity index (χ0) is 25.3. The summed E-state index contributed by atoms with van der Waals surface area (Å²) in [7, 11) is 0. The minimum absolute atomic E-state index is 0.00301. The lowest BCUT2D eigenvalue weighted by Crippen LogP contribution is -2.48. The predicted molar refractivity (Wildman–Crippen MR) is 129 cm³/mol. The van der Waals surface area contributed by atoms with Gasteiger partial charge in [-0.1, -0.05) is 6.07 Å². The van der Waals surface area contributed by atoms with Crippen molar-refractivity contribution in [3.8, 4) is 0 Å². The van der Waals surface area contributed by atoms with Crippen LogP contribution in [0.3, 0.4) is 0 Å². The van der Waals surface area contributed by atoms with Gasteiger partial charge in [-0.3, -0.25) is 4.90 Å². The van der Waals surface area contributed by atoms with E-state index in [1.807, 2.05) is 24.0 Å². The van der Waals surface area contributed by atoms with Crippen molar-refractivity contribution in [3.05, 3.63) is 70.3 Å². The number of carbonyl (C=O) groups is 1. The van der Waals surface area contributed by atoms with Gasteiger partial charge in [-0.25, -0.2) is 18.0 Å². The van der Waals surface area contributed by atoms with E-state index in [1.165, 1.54) is 13.8 Å². The van der Waals surface area contributed by atoms with E-state index in [0.29, 0.717) is 19.6 Å². The van der Waals surface area contributed by atoms with Gasteiger partial charge in [0.05, 0.1) is 19.3 Å². The Kier molecular flexibility index (Phi) is 7.24. The summed E-state index contributed by atoms with van der Waals surface area (Å²) in [4.78, 5) is 14.9. The average Bonchev–Trinajstić information content (AvgIpc) is 2.78. The summed E-state index contributed by atoms with van der Waals surface area (Å²) < 4.78 is 51.2. The molecular formula is C27H31F3N2O3. The Morgan fingerprint density at radius 3 is 2.43 bits per heavy atom. The topological polar surface area (TPSA) is 53.0 Å². The molecule has 2 aliphatic rings. The van der Waals surface area contributed by atoms with E-state index >= 15 is 8.78 Å². The van der Waals surface area contributed by atoms with E-state index in [2.05, 4.69) is 11.0 Å². The molecule has 0 radical (unpaired) electrons. The number of anilines is 1. The number of hydrogen-bond donors (Lipinski definition) is 1. The maximum Gasteiger partial charge on any atom is 0.328 e. The molecule has 1 N–H and O–H groups in total. The third kappa shape index (κ3) is 5.70. The first kappa shape index (κ1) is 25.3. The van der Waals surface area contributed by atoms with Crippen molar-refractivity contribution in [1.82, 2.24) is 4.90 Å². The number of carboxylic acids is 1. The van der Waals surface area contributed by atoms with Gasteiger partial charge in [-0.15, -0.1) is 0 Å². The van der Waals surface area contributed by atoms with Gasteiger partial charge in [0, 0.05) is 43.0 Å². The second kappa shape index (κ2) is 10.0. The molecule has 5 nitrogen and oxygen atoms in total. The Morgan fingerprint density at radius 1 is 1.17 bits per heavy atom. The van der Waals surface area contributed by atoms with Crippen molar-refractivity contribution in [2.24, 2.45) is 0 Å². The first-order chi connectivity index (χ1) is 16.5. The quantitative estimate of drug-likeness (QED) is 0.581. The second-order valence-electron chi connectivity index (χ2n) is 9.90. The molecule has 1 fully saturated rings. The zero-order valence-electron chi connectivity index (χ0n) is 20.2. The number of carboxylic acid groups (broad SMARTS) is 1. The second-order valence-corrected chi connectivity index (χ2v) is 9.90. The molecule has 188 valence electrons. The fourth-order valence-electron chi connectivity index (χ4n) is 5.05. The standard InChI is InChI=1S/C27H31F3N2O3/c1-17-12-19-15-20(31-8-10-35-11-9-31)5-6-21(19)26(32(17)16-27(2,3)30)25-22(28)13-18(14-23(25)29)4-7-24(33)34/h4-7,13-15,17,26H,8-12,16H2,1-3H3,(H,33,34)/b7-4+/t17-,26+/m1/s1. The smallest absolute Gasteiger partial charge is 0.328 e. The van der Waals surface area contributed by atoms with Crippen LogP contribution >= 0.6 is 0 Å². The van der Waals surface area contributed by atoms with Gasteiger partial charge >= 0.3 is 5.97 Å². The fourth-order valence-corrected chi connectivity index (χ4v) is 5.05. The monoisotopic (exact) mass is 488 g/mol. The highest BCUT2D eigenvalue weighted by molar-refractivity contribution is 5.85. The maximum absolute atomic E-state index is 15.5. The summed E-state index contributed by atoms with van der Waals surface area (Å²) in [5.41, 5.74) is 1.13. The van der Waals surface area contributed by atoms with E-state index in [4.69, 9.17) is 9.84 Å². The first-order valence-electron chi connectivity index (χ1n) is 11.8. The van der Waals surface area contributed by atoms with Crippen molar-refractivity contribution in [2.75, 3.05) is 37.7 Å². The van der Waals surface area contributed by atoms with Crippen molar-refractivity contribution in [1.29, 1.82) is 0 Å². The lowest BCUT2D eigenvalue weighted by atomic mass is 9.83. The van der Waals surface area contributed by atoms with Crippen molar-refractivity contribution < 1.29 is 27.8 Å². The molecule has 4 rings (SSSR count). The molecule has 2 aromatic carbocycles. The van der Waals surface area contributed by atoms with E-state index in [0.717, 1.165) is 54.2 Å². The Hall–Kier alpha value is -2.84. The van der Waals surface area contributed by atoms with Gasteiger partial charge in [-0.2, -0.15) is 0 Å². The molecule has 0 aliphatic carbocycles. The highest BCUT2D eigenvalue weighted by atomic mass is 19.1. The Labute approximate surface area is 203 Å². The summed E-state index contributed by atoms with van der Waals surface area (Å²) in [6, 6.07) is 7.18. The van der Waals surface area contributed by atoms with E-state index in [1.54, 1.807) is 0 Å². The largest absolute Gasteiger partial charge is 0.478 e. The molecule has 0 bridgehead atoms. The molecule has 0 spiro atoms. The van der Waals surface area contributed by atoms with Crippen LogP contribution in [-0.4, -0.2) is 60.5 Å². The number of rotatable bonds is 6. The van der Waals surface area contributed by atoms with Crippen LogP contribution in [0.5, 0.6) is 0 Å². The van der Waals surface area contributed by atoms with Crippen LogP contribution in [0.15, 0.2) is 36.4 Å². The minimum atomic E-state index is -1.57. The molecule has 8 heteroatoms. The molecule has 0 unspecified atom stereocenters. The molecule has 35 heavy (non-hydrogen) atoms. The molecule has 0 aromatic heterocycles. The number of benzene rings is 2. The number of morpholine rings is 1. The fraction of sp³-hybridized carbons (Fsp3) is 0.444. The van der Waals surface area contributed by atoms with Crippen LogP contribution in [0.2, 0.25) is 0 Å². The highest BCUT2D eigenvalue weighted by Gasteiger charge is 2.39. The number of fused-ring (bicyclic) bond motifs is 1. The summed E-state index contributed by atoms with van der Waals surface area (Å²) in [6.45, 7) is 7.71. The Morgan fingerprint density at radius 2 is 1.83 bits per heavy atom. The van der Waals surface area contributed by atoms with Crippen LogP contribution in [-0.2, 0) is 16.0 Å². The minimum Gasteiger partial charge on any atom is -0.478 e. The third-order valence-corrected chi connectivity index (χ3v) is 6.56. The lowest BCUT2D eigenvalue weighted by molar-refractivity contribution is -0.131. The van der Waals surface area contributed by atoms with Gasteiger partial charge in [-0.05, 0) is 74.2 Å². The predicted octanol–water partition coefficient (Wildman–Crippen LogP) is 4.98. The number of ether oxygens (including phenoxy) is 1. The Bertz CT molecular complexity index is 1100. The molecule has 1 saturated heterocycles. The molecule has 0 amide bonds. The SMILES string of the molecule is C[C@@H]1Cc2cc(N3CCOCC3)ccc2[C@@H](c2c(F)cc(/C=C/C(=O)O)cc2F)N1CC(C)(C)F. The third-order valence-electron chi connectivity index (χ3n) is 6.56. The highest BCUT2D eigenvalue weighted by Crippen LogP contribution is 2.42. The lowest BCUT2D eigenvalue weighted by Gasteiger charge is -2.44. The number of hydrogen-bond acceptors (Lipinski definition) is 4. The van der Waals surface area contributed by atoms with Crippen LogP contribution in [0.25, 0.3) is 6.08 Å². The van der Waals surface area contributed by atoms with E-state index in [9.17, 15) is 9.18 Å². The summed E-state index contributed by atoms with van der Waals surface area (Å²) >= 11 is 0. The molecular weight excluding hydrogens is 457 g/mol. The summed E-state index contributed by atoms with van der Waals surface area (Å²) in [5.74, 6) is -2.80. The van der Waals surface area contributed by atoms with Gasteiger partial charge in [0.25, 0.3) is 0 Å². The number of halogens is 3. The van der Waals surface area contributed by atoms with Gasteiger partial charge in [0.1, 0.15) is 17.3 Å². The summed E-state index contributed by atoms with van der Waals surface area (Å²) in [5, 5.41) is 8.84. The molecule has 2 heterocycles. The van der Waals surface area contributed by atoms with Gasteiger partial charge in [0.2, 0.25) is 0 Å². The van der Waals surface area contributed by atoms with Crippen LogP contribution < -0.4 is 4.90 Å². The Balaban J connectivity index is 1.81. The normalized spacial score (nSPS) is 21.4. The maximum atomic E-state index is 15.5. The van der Waals surface area contributed by atoms with Crippen LogP contribution in [0, 0.1) is 11.6 Å². The van der Waals surface area contributed by atoms with Crippen LogP contribution in [0.1, 0.15) is 49.1 Å². The number of alkyl halides is 1. The van der Waals surface area contributed by atoms with Crippen molar-refractivity contribution in [2.45, 2.75) is 44.9 Å². The van der Waals surface area contributed by atoms with Crippen molar-refractivity contribution >= 4 is 17.7 Å². The average molecular weight is 489 g/mol. The first-order valence-corrected chi connectivity index (χ1v) is 11.8. The number of aliphatic carboxylic acids is 1. The molecule has 0 saturated carbocycles. The number of nitrogens with zero attached hydrogens (tertiary/aromatic N) is 2.